The number of carbonyl (C=O) groups excluding carboxylic acids is 1. The van der Waals surface area contributed by atoms with Crippen molar-refractivity contribution in [3.05, 3.63) is 58.6 Å². The number of carbonyl (C=O) groups is 1. The number of sulfonamides is 1. The molecule has 2 aromatic rings. The quantitative estimate of drug-likeness (QED) is 0.873. The molecule has 0 amide bonds. The van der Waals surface area contributed by atoms with Gasteiger partial charge in [-0.05, 0) is 43.7 Å². The lowest BCUT2D eigenvalue weighted by atomic mass is 10.1. The van der Waals surface area contributed by atoms with Gasteiger partial charge < -0.3 is 0 Å². The van der Waals surface area contributed by atoms with Gasteiger partial charge in [-0.1, -0.05) is 29.8 Å². The molecule has 0 fully saturated rings. The number of hydrogen-bond acceptors (Lipinski definition) is 3. The van der Waals surface area contributed by atoms with Crippen LogP contribution in [0.3, 0.4) is 0 Å². The maximum Gasteiger partial charge on any atom is 0.261 e. The van der Waals surface area contributed by atoms with Gasteiger partial charge >= 0.3 is 0 Å². The summed E-state index contributed by atoms with van der Waals surface area (Å²) < 4.78 is 27.0. The third-order valence-electron chi connectivity index (χ3n) is 2.97. The molecule has 110 valence electrons. The Kier molecular flexibility index (Phi) is 4.34. The van der Waals surface area contributed by atoms with Crippen molar-refractivity contribution in [2.24, 2.45) is 0 Å². The first kappa shape index (κ1) is 15.5. The van der Waals surface area contributed by atoms with Gasteiger partial charge in [0.15, 0.2) is 5.78 Å². The molecule has 1 N–H and O–H groups in total. The molecule has 0 aliphatic carbocycles. The molecule has 2 rings (SSSR count). The molecule has 0 aliphatic rings. The second kappa shape index (κ2) is 5.87. The van der Waals surface area contributed by atoms with Crippen LogP contribution in [0.25, 0.3) is 0 Å². The highest BCUT2D eigenvalue weighted by molar-refractivity contribution is 7.92. The minimum atomic E-state index is -3.74. The molecule has 0 saturated heterocycles. The number of anilines is 1. The average molecular weight is 324 g/mol. The minimum Gasteiger partial charge on any atom is -0.295 e. The highest BCUT2D eigenvalue weighted by Gasteiger charge is 2.15. The van der Waals surface area contributed by atoms with Crippen LogP contribution in [0.4, 0.5) is 5.69 Å². The number of nitrogens with one attached hydrogen (secondary N) is 1. The van der Waals surface area contributed by atoms with Gasteiger partial charge in [0.25, 0.3) is 10.0 Å². The van der Waals surface area contributed by atoms with Crippen molar-refractivity contribution in [3.63, 3.8) is 0 Å². The van der Waals surface area contributed by atoms with Crippen LogP contribution in [0, 0.1) is 6.92 Å². The Balaban J connectivity index is 2.35. The van der Waals surface area contributed by atoms with E-state index in [2.05, 4.69) is 4.72 Å². The van der Waals surface area contributed by atoms with Crippen LogP contribution in [0.2, 0.25) is 5.02 Å². The zero-order valence-electron chi connectivity index (χ0n) is 11.6. The molecule has 0 aliphatic heterocycles. The van der Waals surface area contributed by atoms with Crippen molar-refractivity contribution in [1.82, 2.24) is 0 Å². The van der Waals surface area contributed by atoms with E-state index in [9.17, 15) is 13.2 Å². The van der Waals surface area contributed by atoms with Gasteiger partial charge in [0.05, 0.1) is 4.90 Å². The first-order valence-electron chi connectivity index (χ1n) is 6.19. The number of rotatable bonds is 4. The van der Waals surface area contributed by atoms with Crippen LogP contribution in [0.5, 0.6) is 0 Å². The Hall–Kier alpha value is -1.85. The van der Waals surface area contributed by atoms with E-state index in [1.54, 1.807) is 31.2 Å². The summed E-state index contributed by atoms with van der Waals surface area (Å²) in [5.41, 5.74) is 1.57. The first-order chi connectivity index (χ1) is 9.79. The van der Waals surface area contributed by atoms with Crippen molar-refractivity contribution in [3.8, 4) is 0 Å². The van der Waals surface area contributed by atoms with Crippen LogP contribution < -0.4 is 4.72 Å². The number of benzene rings is 2. The van der Waals surface area contributed by atoms with E-state index in [0.717, 1.165) is 5.56 Å². The fourth-order valence-corrected chi connectivity index (χ4v) is 3.08. The van der Waals surface area contributed by atoms with E-state index in [1.807, 2.05) is 0 Å². The van der Waals surface area contributed by atoms with Crippen molar-refractivity contribution in [2.75, 3.05) is 4.72 Å². The lowest BCUT2D eigenvalue weighted by Crippen LogP contribution is -2.13. The largest absolute Gasteiger partial charge is 0.295 e. The van der Waals surface area contributed by atoms with Crippen LogP contribution in [0.15, 0.2) is 47.4 Å². The fourth-order valence-electron chi connectivity index (χ4n) is 1.76. The van der Waals surface area contributed by atoms with Crippen LogP contribution in [0.1, 0.15) is 22.8 Å². The molecule has 4 nitrogen and oxygen atoms in total. The molecule has 0 bridgehead atoms. The number of ketones is 1. The Morgan fingerprint density at radius 1 is 1.14 bits per heavy atom. The summed E-state index contributed by atoms with van der Waals surface area (Å²) in [4.78, 5) is 11.4. The van der Waals surface area contributed by atoms with Crippen molar-refractivity contribution in [2.45, 2.75) is 18.7 Å². The number of hydrogen-bond donors (Lipinski definition) is 1. The molecular weight excluding hydrogens is 310 g/mol. The number of aryl methyl sites for hydroxylation is 1. The van der Waals surface area contributed by atoms with Crippen LogP contribution >= 0.6 is 11.6 Å². The van der Waals surface area contributed by atoms with E-state index in [4.69, 9.17) is 11.6 Å². The van der Waals surface area contributed by atoms with Crippen molar-refractivity contribution in [1.29, 1.82) is 0 Å². The van der Waals surface area contributed by atoms with E-state index in [1.165, 1.54) is 25.1 Å². The van der Waals surface area contributed by atoms with Crippen molar-refractivity contribution < 1.29 is 13.2 Å². The normalized spacial score (nSPS) is 11.2. The summed E-state index contributed by atoms with van der Waals surface area (Å²) in [6.45, 7) is 3.22. The zero-order valence-corrected chi connectivity index (χ0v) is 13.1. The van der Waals surface area contributed by atoms with Gasteiger partial charge in [-0.2, -0.15) is 0 Å². The van der Waals surface area contributed by atoms with Crippen LogP contribution in [-0.4, -0.2) is 14.2 Å². The van der Waals surface area contributed by atoms with Crippen molar-refractivity contribution >= 4 is 33.1 Å². The standard InChI is InChI=1S/C15H14ClNO3S/c1-10-6-7-14(9-15(10)16)21(19,20)17-13-5-3-4-12(8-13)11(2)18/h3-9,17H,1-2H3. The van der Waals surface area contributed by atoms with E-state index < -0.39 is 10.0 Å². The van der Waals surface area contributed by atoms with Gasteiger partial charge in [-0.3, -0.25) is 9.52 Å². The van der Waals surface area contributed by atoms with Gasteiger partial charge in [0.2, 0.25) is 0 Å². The summed E-state index contributed by atoms with van der Waals surface area (Å²) in [6, 6.07) is 10.9. The number of Topliss-reactive ketones (excluding diaryl/α,β-unsaturated/α-hetero) is 1. The van der Waals surface area contributed by atoms with Gasteiger partial charge in [-0.15, -0.1) is 0 Å². The SMILES string of the molecule is CC(=O)c1cccc(NS(=O)(=O)c2ccc(C)c(Cl)c2)c1. The monoisotopic (exact) mass is 323 g/mol. The maximum absolute atomic E-state index is 12.3. The maximum atomic E-state index is 12.3. The molecule has 0 spiro atoms. The van der Waals surface area contributed by atoms with Crippen LogP contribution in [-0.2, 0) is 10.0 Å². The topological polar surface area (TPSA) is 63.2 Å². The van der Waals surface area contributed by atoms with E-state index in [-0.39, 0.29) is 10.7 Å². The molecular formula is C15H14ClNO3S. The Bertz CT molecular complexity index is 800. The van der Waals surface area contributed by atoms with Gasteiger partial charge in [0, 0.05) is 16.3 Å². The summed E-state index contributed by atoms with van der Waals surface area (Å²) >= 11 is 5.95. The average Bonchev–Trinajstić information content (AvgIpc) is 2.41. The third-order valence-corrected chi connectivity index (χ3v) is 4.76. The van der Waals surface area contributed by atoms with E-state index >= 15 is 0 Å². The molecule has 0 aromatic heterocycles. The second-order valence-electron chi connectivity index (χ2n) is 4.65. The minimum absolute atomic E-state index is 0.0753. The third kappa shape index (κ3) is 3.62. The Morgan fingerprint density at radius 3 is 2.48 bits per heavy atom. The lowest BCUT2D eigenvalue weighted by Gasteiger charge is -2.10. The fraction of sp³-hybridized carbons (Fsp3) is 0.133. The molecule has 0 radical (unpaired) electrons. The van der Waals surface area contributed by atoms with Gasteiger partial charge in [0.1, 0.15) is 0 Å². The van der Waals surface area contributed by atoms with E-state index in [0.29, 0.717) is 16.3 Å². The molecule has 21 heavy (non-hydrogen) atoms. The summed E-state index contributed by atoms with van der Waals surface area (Å²) in [5, 5.41) is 0.385. The Labute approximate surface area is 128 Å². The second-order valence-corrected chi connectivity index (χ2v) is 6.74. The summed E-state index contributed by atoms with van der Waals surface area (Å²) in [7, 11) is -3.74. The molecule has 0 unspecified atom stereocenters. The zero-order chi connectivity index (χ0) is 15.6. The number of halogens is 1. The lowest BCUT2D eigenvalue weighted by molar-refractivity contribution is 0.101. The highest BCUT2D eigenvalue weighted by atomic mass is 35.5. The molecule has 0 atom stereocenters. The smallest absolute Gasteiger partial charge is 0.261 e. The highest BCUT2D eigenvalue weighted by Crippen LogP contribution is 2.22. The molecule has 6 heteroatoms. The summed E-state index contributed by atoms with van der Waals surface area (Å²) in [5.74, 6) is -0.130. The Morgan fingerprint density at radius 2 is 1.86 bits per heavy atom. The molecule has 0 saturated carbocycles. The molecule has 2 aromatic carbocycles. The van der Waals surface area contributed by atoms with Gasteiger partial charge in [-0.25, -0.2) is 8.42 Å². The molecule has 0 heterocycles. The first-order valence-corrected chi connectivity index (χ1v) is 8.06. The predicted octanol–water partition coefficient (Wildman–Crippen LogP) is 3.65. The predicted molar refractivity (Wildman–Crippen MR) is 83.4 cm³/mol. The summed E-state index contributed by atoms with van der Waals surface area (Å²) in [6.07, 6.45) is 0.